The van der Waals surface area contributed by atoms with Crippen molar-refractivity contribution in [2.24, 2.45) is 5.92 Å². The first kappa shape index (κ1) is 13.2. The highest BCUT2D eigenvalue weighted by atomic mass is 16.6. The van der Waals surface area contributed by atoms with Gasteiger partial charge < -0.3 is 14.6 Å². The number of aliphatic hydroxyl groups is 1. The molecule has 1 unspecified atom stereocenters. The van der Waals surface area contributed by atoms with Gasteiger partial charge in [0.15, 0.2) is 0 Å². The Morgan fingerprint density at radius 1 is 1.30 bits per heavy atom. The van der Waals surface area contributed by atoms with Gasteiger partial charge in [-0.1, -0.05) is 6.42 Å². The first-order chi connectivity index (χ1) is 9.76. The van der Waals surface area contributed by atoms with Crippen LogP contribution in [0.5, 0.6) is 5.75 Å². The summed E-state index contributed by atoms with van der Waals surface area (Å²) in [6, 6.07) is 7.43. The SMILES string of the molecule is O=C1OC(CO)CN1c1ccc(OCC2CCC2)cc1. The first-order valence-electron chi connectivity index (χ1n) is 7.08. The number of aliphatic hydroxyl groups excluding tert-OH is 1. The molecule has 1 saturated heterocycles. The van der Waals surface area contributed by atoms with E-state index < -0.39 is 12.2 Å². The lowest BCUT2D eigenvalue weighted by Crippen LogP contribution is -2.25. The van der Waals surface area contributed by atoms with Crippen molar-refractivity contribution in [1.82, 2.24) is 0 Å². The predicted molar refractivity (Wildman–Crippen MR) is 74.0 cm³/mol. The van der Waals surface area contributed by atoms with E-state index in [0.717, 1.165) is 18.0 Å². The van der Waals surface area contributed by atoms with Crippen LogP contribution in [0.15, 0.2) is 24.3 Å². The van der Waals surface area contributed by atoms with E-state index in [1.54, 1.807) is 0 Å². The zero-order valence-electron chi connectivity index (χ0n) is 11.3. The second kappa shape index (κ2) is 5.71. The molecule has 2 aliphatic rings. The number of cyclic esters (lactones) is 1. The molecule has 0 aromatic heterocycles. The standard InChI is InChI=1S/C15H19NO4/c17-9-14-8-16(15(18)20-14)12-4-6-13(7-5-12)19-10-11-2-1-3-11/h4-7,11,14,17H,1-3,8-10H2. The summed E-state index contributed by atoms with van der Waals surface area (Å²) in [5.41, 5.74) is 0.766. The number of benzene rings is 1. The summed E-state index contributed by atoms with van der Waals surface area (Å²) in [6.45, 7) is 1.01. The fourth-order valence-corrected chi connectivity index (χ4v) is 2.42. The Hall–Kier alpha value is -1.75. The van der Waals surface area contributed by atoms with Gasteiger partial charge in [-0.05, 0) is 43.0 Å². The van der Waals surface area contributed by atoms with Gasteiger partial charge >= 0.3 is 6.09 Å². The number of ether oxygens (including phenoxy) is 2. The number of carbonyl (C=O) groups is 1. The highest BCUT2D eigenvalue weighted by molar-refractivity contribution is 5.89. The Bertz CT molecular complexity index is 469. The van der Waals surface area contributed by atoms with Crippen LogP contribution in [0.1, 0.15) is 19.3 Å². The maximum absolute atomic E-state index is 11.7. The van der Waals surface area contributed by atoms with Crippen LogP contribution in [0.2, 0.25) is 0 Å². The highest BCUT2D eigenvalue weighted by Crippen LogP contribution is 2.28. The fourth-order valence-electron chi connectivity index (χ4n) is 2.42. The van der Waals surface area contributed by atoms with Gasteiger partial charge in [0.2, 0.25) is 0 Å². The first-order valence-corrected chi connectivity index (χ1v) is 7.08. The molecule has 5 nitrogen and oxygen atoms in total. The third-order valence-electron chi connectivity index (χ3n) is 3.94. The van der Waals surface area contributed by atoms with Gasteiger partial charge in [-0.3, -0.25) is 4.90 Å². The van der Waals surface area contributed by atoms with Crippen molar-refractivity contribution in [3.05, 3.63) is 24.3 Å². The number of carbonyl (C=O) groups excluding carboxylic acids is 1. The molecule has 0 bridgehead atoms. The normalized spacial score (nSPS) is 22.6. The lowest BCUT2D eigenvalue weighted by atomic mass is 9.86. The summed E-state index contributed by atoms with van der Waals surface area (Å²) in [7, 11) is 0. The van der Waals surface area contributed by atoms with Gasteiger partial charge in [-0.2, -0.15) is 0 Å². The number of hydrogen-bond acceptors (Lipinski definition) is 4. The summed E-state index contributed by atoms with van der Waals surface area (Å²) in [6.07, 6.45) is 3.00. The van der Waals surface area contributed by atoms with Gasteiger partial charge in [0.25, 0.3) is 0 Å². The molecule has 1 amide bonds. The van der Waals surface area contributed by atoms with Crippen LogP contribution in [0.25, 0.3) is 0 Å². The lowest BCUT2D eigenvalue weighted by molar-refractivity contribution is 0.0963. The van der Waals surface area contributed by atoms with Gasteiger partial charge in [-0.15, -0.1) is 0 Å². The number of anilines is 1. The number of hydrogen-bond donors (Lipinski definition) is 1. The molecule has 1 aromatic rings. The van der Waals surface area contributed by atoms with Crippen molar-refractivity contribution in [2.75, 3.05) is 24.7 Å². The van der Waals surface area contributed by atoms with Crippen LogP contribution in [-0.2, 0) is 4.74 Å². The smallest absolute Gasteiger partial charge is 0.414 e. The Morgan fingerprint density at radius 3 is 2.60 bits per heavy atom. The van der Waals surface area contributed by atoms with Crippen LogP contribution >= 0.6 is 0 Å². The minimum absolute atomic E-state index is 0.148. The third-order valence-corrected chi connectivity index (χ3v) is 3.94. The zero-order valence-corrected chi connectivity index (χ0v) is 11.3. The predicted octanol–water partition coefficient (Wildman–Crippen LogP) is 2.18. The molecule has 1 atom stereocenters. The number of amides is 1. The van der Waals surface area contributed by atoms with Crippen molar-refractivity contribution in [3.63, 3.8) is 0 Å². The molecule has 0 spiro atoms. The minimum Gasteiger partial charge on any atom is -0.493 e. The highest BCUT2D eigenvalue weighted by Gasteiger charge is 2.31. The van der Waals surface area contributed by atoms with Crippen molar-refractivity contribution < 1.29 is 19.4 Å². The van der Waals surface area contributed by atoms with Gasteiger partial charge in [0, 0.05) is 5.69 Å². The van der Waals surface area contributed by atoms with Crippen molar-refractivity contribution >= 4 is 11.8 Å². The van der Waals surface area contributed by atoms with Crippen LogP contribution in [0.4, 0.5) is 10.5 Å². The summed E-state index contributed by atoms with van der Waals surface area (Å²) < 4.78 is 10.7. The van der Waals surface area contributed by atoms with Gasteiger partial charge in [-0.25, -0.2) is 4.79 Å². The van der Waals surface area contributed by atoms with Crippen molar-refractivity contribution in [2.45, 2.75) is 25.4 Å². The average Bonchev–Trinajstić information content (AvgIpc) is 2.79. The molecule has 2 fully saturated rings. The molecular formula is C15H19NO4. The molecule has 5 heteroatoms. The van der Waals surface area contributed by atoms with Gasteiger partial charge in [0.1, 0.15) is 11.9 Å². The second-order valence-corrected chi connectivity index (χ2v) is 5.40. The van der Waals surface area contributed by atoms with E-state index in [2.05, 4.69) is 0 Å². The monoisotopic (exact) mass is 277 g/mol. The van der Waals surface area contributed by atoms with E-state index in [9.17, 15) is 4.79 Å². The third kappa shape index (κ3) is 2.72. The van der Waals surface area contributed by atoms with Crippen LogP contribution in [0, 0.1) is 5.92 Å². The van der Waals surface area contributed by atoms with E-state index in [1.807, 2.05) is 24.3 Å². The molecule has 20 heavy (non-hydrogen) atoms. The number of rotatable bonds is 5. The quantitative estimate of drug-likeness (QED) is 0.896. The largest absolute Gasteiger partial charge is 0.493 e. The van der Waals surface area contributed by atoms with Crippen LogP contribution < -0.4 is 9.64 Å². The maximum atomic E-state index is 11.7. The Labute approximate surface area is 118 Å². The van der Waals surface area contributed by atoms with E-state index in [-0.39, 0.29) is 6.61 Å². The molecule has 1 saturated carbocycles. The summed E-state index contributed by atoms with van der Waals surface area (Å²) in [4.78, 5) is 13.2. The zero-order chi connectivity index (χ0) is 13.9. The number of nitrogens with zero attached hydrogens (tertiary/aromatic N) is 1. The Morgan fingerprint density at radius 2 is 2.05 bits per heavy atom. The second-order valence-electron chi connectivity index (χ2n) is 5.40. The maximum Gasteiger partial charge on any atom is 0.414 e. The lowest BCUT2D eigenvalue weighted by Gasteiger charge is -2.25. The summed E-state index contributed by atoms with van der Waals surface area (Å²) >= 11 is 0. The van der Waals surface area contributed by atoms with Gasteiger partial charge in [0.05, 0.1) is 19.8 Å². The van der Waals surface area contributed by atoms with Crippen molar-refractivity contribution in [1.29, 1.82) is 0 Å². The minimum atomic E-state index is -0.433. The molecule has 3 rings (SSSR count). The van der Waals surface area contributed by atoms with E-state index in [1.165, 1.54) is 24.2 Å². The van der Waals surface area contributed by atoms with E-state index >= 15 is 0 Å². The molecule has 1 N–H and O–H groups in total. The molecule has 0 radical (unpaired) electrons. The topological polar surface area (TPSA) is 59.0 Å². The summed E-state index contributed by atoms with van der Waals surface area (Å²) in [5, 5.41) is 9.02. The fraction of sp³-hybridized carbons (Fsp3) is 0.533. The molecule has 1 aliphatic carbocycles. The van der Waals surface area contributed by atoms with E-state index in [0.29, 0.717) is 12.5 Å². The average molecular weight is 277 g/mol. The molecule has 108 valence electrons. The van der Waals surface area contributed by atoms with Crippen molar-refractivity contribution in [3.8, 4) is 5.75 Å². The molecule has 1 heterocycles. The van der Waals surface area contributed by atoms with Crippen LogP contribution in [0.3, 0.4) is 0 Å². The van der Waals surface area contributed by atoms with E-state index in [4.69, 9.17) is 14.6 Å². The Balaban J connectivity index is 1.59. The van der Waals surface area contributed by atoms with Crippen LogP contribution in [-0.4, -0.2) is 37.1 Å². The molecule has 1 aliphatic heterocycles. The Kier molecular flexibility index (Phi) is 3.78. The molecule has 1 aromatic carbocycles. The molecular weight excluding hydrogens is 258 g/mol. The summed E-state index contributed by atoms with van der Waals surface area (Å²) in [5.74, 6) is 1.53.